The van der Waals surface area contributed by atoms with Gasteiger partial charge in [-0.1, -0.05) is 146 Å². The van der Waals surface area contributed by atoms with Gasteiger partial charge in [-0.2, -0.15) is 0 Å². The van der Waals surface area contributed by atoms with Gasteiger partial charge in [0.25, 0.3) is 0 Å². The Kier molecular flexibility index (Phi) is 4.63. The van der Waals surface area contributed by atoms with Crippen LogP contribution in [0.15, 0.2) is 174 Å². The summed E-state index contributed by atoms with van der Waals surface area (Å²) in [5, 5.41) is 4.08. The van der Waals surface area contributed by atoms with Crippen molar-refractivity contribution in [2.75, 3.05) is 0 Å². The van der Waals surface area contributed by atoms with Gasteiger partial charge in [0.05, 0.1) is 8.22 Å². The van der Waals surface area contributed by atoms with E-state index in [1.165, 1.54) is 0 Å². The summed E-state index contributed by atoms with van der Waals surface area (Å²) in [4.78, 5) is 0. The van der Waals surface area contributed by atoms with Crippen molar-refractivity contribution in [3.8, 4) is 44.5 Å². The molecule has 0 fully saturated rings. The Morgan fingerprint density at radius 3 is 1.62 bits per heavy atom. The number of hydrogen-bond acceptors (Lipinski definition) is 1. The molecule has 0 amide bonds. The maximum Gasteiger partial charge on any atom is 0.136 e. The molecule has 0 aliphatic rings. The van der Waals surface area contributed by atoms with Crippen LogP contribution in [0.5, 0.6) is 0 Å². The average molecular weight is 579 g/mol. The summed E-state index contributed by atoms with van der Waals surface area (Å²) >= 11 is 0. The zero-order valence-corrected chi connectivity index (χ0v) is 24.1. The normalized spacial score (nSPS) is 13.4. The first-order valence-electron chi connectivity index (χ1n) is 18.0. The molecule has 0 bridgehead atoms. The summed E-state index contributed by atoms with van der Waals surface area (Å²) in [5.41, 5.74) is 6.85. The summed E-state index contributed by atoms with van der Waals surface area (Å²) in [7, 11) is 0. The lowest BCUT2D eigenvalue weighted by Crippen LogP contribution is -1.93. The molecule has 0 spiro atoms. The topological polar surface area (TPSA) is 13.1 Å². The average Bonchev–Trinajstić information content (AvgIpc) is 3.59. The number of fused-ring (bicyclic) bond motifs is 5. The first-order chi connectivity index (χ1) is 24.8. The predicted octanol–water partition coefficient (Wildman–Crippen LogP) is 12.6. The zero-order chi connectivity index (χ0) is 35.0. The molecule has 1 nitrogen and oxygen atoms in total. The van der Waals surface area contributed by atoms with Crippen LogP contribution in [0.3, 0.4) is 0 Å². The van der Waals surface area contributed by atoms with Crippen LogP contribution >= 0.6 is 0 Å². The van der Waals surface area contributed by atoms with E-state index in [1.54, 1.807) is 0 Å². The van der Waals surface area contributed by atoms with Crippen molar-refractivity contribution in [3.05, 3.63) is 170 Å². The second kappa shape index (κ2) is 10.4. The number of rotatable bonds is 4. The quantitative estimate of drug-likeness (QED) is 0.189. The van der Waals surface area contributed by atoms with Crippen LogP contribution in [0.4, 0.5) is 0 Å². The van der Waals surface area contributed by atoms with E-state index in [1.807, 2.05) is 72.8 Å². The second-order valence-corrected chi connectivity index (χ2v) is 11.2. The number of hydrogen-bond donors (Lipinski definition) is 0. The number of furan rings is 1. The third-order valence-electron chi connectivity index (χ3n) is 8.58. The molecule has 1 aromatic heterocycles. The van der Waals surface area contributed by atoms with Crippen molar-refractivity contribution >= 4 is 43.5 Å². The summed E-state index contributed by atoms with van der Waals surface area (Å²) in [6.45, 7) is 0. The molecule has 0 atom stereocenters. The maximum absolute atomic E-state index is 9.95. The van der Waals surface area contributed by atoms with Crippen molar-refractivity contribution in [2.45, 2.75) is 0 Å². The highest BCUT2D eigenvalue weighted by Crippen LogP contribution is 2.48. The van der Waals surface area contributed by atoms with Crippen LogP contribution in [0.1, 0.15) is 8.22 Å². The predicted molar refractivity (Wildman–Crippen MR) is 190 cm³/mol. The molecule has 0 saturated heterocycles. The third kappa shape index (κ3) is 4.17. The molecular weight excluding hydrogens is 544 g/mol. The largest absolute Gasteiger partial charge is 0.456 e. The van der Waals surface area contributed by atoms with Crippen LogP contribution in [0, 0.1) is 0 Å². The monoisotopic (exact) mass is 578 g/mol. The smallest absolute Gasteiger partial charge is 0.136 e. The van der Waals surface area contributed by atoms with Gasteiger partial charge in [-0.3, -0.25) is 0 Å². The number of para-hydroxylation sites is 1. The highest BCUT2D eigenvalue weighted by Gasteiger charge is 2.21. The molecule has 0 saturated carbocycles. The van der Waals surface area contributed by atoms with E-state index in [0.29, 0.717) is 11.1 Å². The molecule has 210 valence electrons. The molecule has 0 N–H and O–H groups in total. The lowest BCUT2D eigenvalue weighted by atomic mass is 9.83. The highest BCUT2D eigenvalue weighted by molar-refractivity contribution is 6.23. The molecule has 0 radical (unpaired) electrons. The van der Waals surface area contributed by atoms with Crippen LogP contribution in [-0.4, -0.2) is 0 Å². The Hall–Kier alpha value is -5.92. The number of benzene rings is 8. The molecule has 1 heterocycles. The Morgan fingerprint density at radius 2 is 0.933 bits per heavy atom. The van der Waals surface area contributed by atoms with Gasteiger partial charge < -0.3 is 4.42 Å². The van der Waals surface area contributed by atoms with Crippen LogP contribution in [0.2, 0.25) is 0 Å². The molecule has 9 rings (SSSR count). The van der Waals surface area contributed by atoms with Crippen LogP contribution < -0.4 is 0 Å². The fraction of sp³-hybridized carbons (Fsp3) is 0. The van der Waals surface area contributed by atoms with E-state index in [4.69, 9.17) is 9.90 Å². The molecule has 0 aliphatic carbocycles. The maximum atomic E-state index is 9.95. The molecule has 8 aromatic carbocycles. The third-order valence-corrected chi connectivity index (χ3v) is 8.58. The Balaban J connectivity index is 1.47. The molecule has 1 heteroatoms. The van der Waals surface area contributed by atoms with Gasteiger partial charge >= 0.3 is 0 Å². The fourth-order valence-corrected chi connectivity index (χ4v) is 6.59. The fourth-order valence-electron chi connectivity index (χ4n) is 6.59. The minimum atomic E-state index is -0.419. The molecule has 0 unspecified atom stereocenters. The SMILES string of the molecule is [2H]c1c([2H])c([2H])c2c(oc3c([2H])c(-c4ccccc4)c(-c4c5ccccc5c(-c5cccc(-c6ccccc6)c5)c5ccccc45)c([2H])c32)c1[2H]. The van der Waals surface area contributed by atoms with Crippen molar-refractivity contribution in [3.63, 3.8) is 0 Å². The Labute approximate surface area is 270 Å². The van der Waals surface area contributed by atoms with Gasteiger partial charge in [-0.15, -0.1) is 0 Å². The molecule has 9 aromatic rings. The van der Waals surface area contributed by atoms with Gasteiger partial charge in [0.2, 0.25) is 0 Å². The molecule has 45 heavy (non-hydrogen) atoms. The van der Waals surface area contributed by atoms with Crippen LogP contribution in [0.25, 0.3) is 88.0 Å². The zero-order valence-electron chi connectivity index (χ0n) is 30.1. The van der Waals surface area contributed by atoms with Gasteiger partial charge in [-0.25, -0.2) is 0 Å². The Bertz CT molecular complexity index is 2800. The van der Waals surface area contributed by atoms with Crippen molar-refractivity contribution in [1.29, 1.82) is 0 Å². The van der Waals surface area contributed by atoms with Crippen LogP contribution in [-0.2, 0) is 0 Å². The summed E-state index contributed by atoms with van der Waals surface area (Å²) in [6, 6.07) is 43.3. The standard InChI is InChI=1S/C44H28O/c1-3-14-29(15-4-1)31-18-13-19-32(26-31)43-34-21-7-9-23-36(34)44(37-24-10-8-22-35(37)43)40-27-39-33-20-11-12-25-41(33)45-42(39)28-38(40)30-16-5-2-6-17-30/h1-28H/i11D,12D,20D,25D,27D,28D. The van der Waals surface area contributed by atoms with Crippen molar-refractivity contribution < 1.29 is 12.6 Å². The van der Waals surface area contributed by atoms with Crippen molar-refractivity contribution in [1.82, 2.24) is 0 Å². The second-order valence-electron chi connectivity index (χ2n) is 11.2. The van der Waals surface area contributed by atoms with Gasteiger partial charge in [0.15, 0.2) is 0 Å². The van der Waals surface area contributed by atoms with Gasteiger partial charge in [0.1, 0.15) is 11.2 Å². The van der Waals surface area contributed by atoms with Gasteiger partial charge in [0, 0.05) is 10.8 Å². The minimum absolute atomic E-state index is 0.0167. The summed E-state index contributed by atoms with van der Waals surface area (Å²) in [6.07, 6.45) is 0. The molecular formula is C44H28O. The van der Waals surface area contributed by atoms with Crippen molar-refractivity contribution in [2.24, 2.45) is 0 Å². The lowest BCUT2D eigenvalue weighted by Gasteiger charge is -2.20. The first kappa shape index (κ1) is 20.1. The minimum Gasteiger partial charge on any atom is -0.456 e. The van der Waals surface area contributed by atoms with Gasteiger partial charge in [-0.05, 0) is 90.2 Å². The molecule has 0 aliphatic heterocycles. The van der Waals surface area contributed by atoms with E-state index >= 15 is 0 Å². The van der Waals surface area contributed by atoms with E-state index in [-0.39, 0.29) is 46.1 Å². The van der Waals surface area contributed by atoms with E-state index in [0.717, 1.165) is 54.9 Å². The highest BCUT2D eigenvalue weighted by atomic mass is 16.3. The first-order valence-corrected chi connectivity index (χ1v) is 15.0. The van der Waals surface area contributed by atoms with E-state index < -0.39 is 12.1 Å². The van der Waals surface area contributed by atoms with E-state index in [9.17, 15) is 2.74 Å². The summed E-state index contributed by atoms with van der Waals surface area (Å²) < 4.78 is 60.0. The van der Waals surface area contributed by atoms with E-state index in [2.05, 4.69) is 60.7 Å². The summed E-state index contributed by atoms with van der Waals surface area (Å²) in [5.74, 6) is 0. The lowest BCUT2D eigenvalue weighted by molar-refractivity contribution is 0.669. The Morgan fingerprint density at radius 1 is 0.378 bits per heavy atom.